The van der Waals surface area contributed by atoms with Crippen LogP contribution in [0.15, 0.2) is 23.1 Å². The summed E-state index contributed by atoms with van der Waals surface area (Å²) < 4.78 is 10.5. The fourth-order valence-electron chi connectivity index (χ4n) is 2.39. The number of imide groups is 1. The Morgan fingerprint density at radius 1 is 1.36 bits per heavy atom. The third-order valence-electron chi connectivity index (χ3n) is 3.81. The predicted molar refractivity (Wildman–Crippen MR) is 105 cm³/mol. The van der Waals surface area contributed by atoms with Crippen LogP contribution < -0.4 is 14.8 Å². The highest BCUT2D eigenvalue weighted by Crippen LogP contribution is 2.34. The van der Waals surface area contributed by atoms with E-state index in [1.165, 1.54) is 7.11 Å². The second-order valence-electron chi connectivity index (χ2n) is 5.83. The van der Waals surface area contributed by atoms with Gasteiger partial charge in [-0.25, -0.2) is 0 Å². The van der Waals surface area contributed by atoms with E-state index in [9.17, 15) is 14.4 Å². The first kappa shape index (κ1) is 21.3. The van der Waals surface area contributed by atoms with Crippen molar-refractivity contribution in [1.82, 2.24) is 10.2 Å². The van der Waals surface area contributed by atoms with Crippen molar-refractivity contribution in [3.63, 3.8) is 0 Å². The summed E-state index contributed by atoms with van der Waals surface area (Å²) in [4.78, 5) is 37.7. The number of thioether (sulfide) groups is 1. The minimum Gasteiger partial charge on any atom is -0.493 e. The van der Waals surface area contributed by atoms with Crippen molar-refractivity contribution in [2.24, 2.45) is 0 Å². The van der Waals surface area contributed by atoms with E-state index in [1.54, 1.807) is 24.3 Å². The van der Waals surface area contributed by atoms with E-state index in [4.69, 9.17) is 14.7 Å². The quantitative estimate of drug-likeness (QED) is 0.498. The lowest BCUT2D eigenvalue weighted by Gasteiger charge is -2.12. The Hall–Kier alpha value is -2.99. The smallest absolute Gasteiger partial charge is 0.294 e. The summed E-state index contributed by atoms with van der Waals surface area (Å²) in [5, 5.41) is 10.8. The standard InChI is InChI=1S/C19H21N3O5S/c1-3-4-8-21-17(23)12-22-18(24)16(28-19(22)25)11-13-5-6-14(27-9-7-20)15(10-13)26-2/h5-6,10-11H,3-4,8-9,12H2,1-2H3,(H,21,23)/b16-11-. The number of ether oxygens (including phenoxy) is 2. The number of hydrogen-bond acceptors (Lipinski definition) is 7. The van der Waals surface area contributed by atoms with Crippen molar-refractivity contribution in [3.8, 4) is 17.6 Å². The molecule has 1 saturated heterocycles. The number of amides is 3. The number of carbonyl (C=O) groups is 3. The van der Waals surface area contributed by atoms with E-state index in [2.05, 4.69) is 5.32 Å². The van der Waals surface area contributed by atoms with Crippen LogP contribution in [0.2, 0.25) is 0 Å². The summed E-state index contributed by atoms with van der Waals surface area (Å²) >= 11 is 0.782. The number of benzene rings is 1. The van der Waals surface area contributed by atoms with Gasteiger partial charge in [0.1, 0.15) is 12.6 Å². The number of unbranched alkanes of at least 4 members (excludes halogenated alkanes) is 1. The number of carbonyl (C=O) groups excluding carboxylic acids is 3. The molecule has 0 saturated carbocycles. The molecule has 8 nitrogen and oxygen atoms in total. The molecule has 1 aliphatic heterocycles. The van der Waals surface area contributed by atoms with Crippen molar-refractivity contribution in [2.45, 2.75) is 19.8 Å². The maximum Gasteiger partial charge on any atom is 0.294 e. The first-order chi connectivity index (χ1) is 13.5. The molecule has 2 rings (SSSR count). The molecular weight excluding hydrogens is 382 g/mol. The van der Waals surface area contributed by atoms with E-state index >= 15 is 0 Å². The molecular formula is C19H21N3O5S. The van der Waals surface area contributed by atoms with Crippen molar-refractivity contribution in [3.05, 3.63) is 28.7 Å². The predicted octanol–water partition coefficient (Wildman–Crippen LogP) is 2.55. The number of hydrogen-bond donors (Lipinski definition) is 1. The molecule has 148 valence electrons. The fourth-order valence-corrected chi connectivity index (χ4v) is 3.23. The topological polar surface area (TPSA) is 109 Å². The average molecular weight is 403 g/mol. The Bertz CT molecular complexity index is 831. The molecule has 0 unspecified atom stereocenters. The average Bonchev–Trinajstić information content (AvgIpc) is 2.94. The summed E-state index contributed by atoms with van der Waals surface area (Å²) in [6.45, 7) is 2.11. The Morgan fingerprint density at radius 2 is 2.14 bits per heavy atom. The summed E-state index contributed by atoms with van der Waals surface area (Å²) in [6.07, 6.45) is 3.33. The SMILES string of the molecule is CCCCNC(=O)CN1C(=O)S/C(=C\c2ccc(OCC#N)c(OC)c2)C1=O. The number of methoxy groups -OCH3 is 1. The van der Waals surface area contributed by atoms with Crippen LogP contribution in [0.3, 0.4) is 0 Å². The van der Waals surface area contributed by atoms with Gasteiger partial charge in [-0.1, -0.05) is 19.4 Å². The lowest BCUT2D eigenvalue weighted by molar-refractivity contribution is -0.129. The highest BCUT2D eigenvalue weighted by atomic mass is 32.2. The first-order valence-electron chi connectivity index (χ1n) is 8.70. The molecule has 0 spiro atoms. The van der Waals surface area contributed by atoms with Crippen LogP contribution in [0.4, 0.5) is 4.79 Å². The summed E-state index contributed by atoms with van der Waals surface area (Å²) in [6, 6.07) is 6.81. The molecule has 28 heavy (non-hydrogen) atoms. The van der Waals surface area contributed by atoms with Gasteiger partial charge >= 0.3 is 0 Å². The molecule has 3 amide bonds. The zero-order valence-electron chi connectivity index (χ0n) is 15.7. The van der Waals surface area contributed by atoms with Crippen LogP contribution >= 0.6 is 11.8 Å². The van der Waals surface area contributed by atoms with E-state index in [-0.39, 0.29) is 24.0 Å². The monoisotopic (exact) mass is 403 g/mol. The van der Waals surface area contributed by atoms with Crippen molar-refractivity contribution < 1.29 is 23.9 Å². The molecule has 1 heterocycles. The Labute approximate surface area is 167 Å². The zero-order chi connectivity index (χ0) is 20.5. The molecule has 1 aromatic rings. The zero-order valence-corrected chi connectivity index (χ0v) is 16.5. The highest BCUT2D eigenvalue weighted by Gasteiger charge is 2.36. The molecule has 1 aliphatic rings. The van der Waals surface area contributed by atoms with Crippen LogP contribution in [0.25, 0.3) is 6.08 Å². The van der Waals surface area contributed by atoms with Crippen LogP contribution in [-0.2, 0) is 9.59 Å². The molecule has 0 bridgehead atoms. The van der Waals surface area contributed by atoms with Crippen molar-refractivity contribution in [2.75, 3.05) is 26.8 Å². The van der Waals surface area contributed by atoms with Gasteiger partial charge in [-0.3, -0.25) is 19.3 Å². The number of nitrogens with one attached hydrogen (secondary N) is 1. The lowest BCUT2D eigenvalue weighted by atomic mass is 10.2. The molecule has 0 aliphatic carbocycles. The fraction of sp³-hybridized carbons (Fsp3) is 0.368. The second-order valence-corrected chi connectivity index (χ2v) is 6.82. The summed E-state index contributed by atoms with van der Waals surface area (Å²) in [5.41, 5.74) is 0.624. The van der Waals surface area contributed by atoms with E-state index < -0.39 is 11.1 Å². The van der Waals surface area contributed by atoms with Crippen LogP contribution in [0, 0.1) is 11.3 Å². The maximum absolute atomic E-state index is 12.5. The molecule has 1 N–H and O–H groups in total. The van der Waals surface area contributed by atoms with Gasteiger partial charge in [-0.2, -0.15) is 5.26 Å². The minimum absolute atomic E-state index is 0.116. The van der Waals surface area contributed by atoms with Gasteiger partial charge in [0.2, 0.25) is 5.91 Å². The van der Waals surface area contributed by atoms with Gasteiger partial charge in [0.15, 0.2) is 18.1 Å². The lowest BCUT2D eigenvalue weighted by Crippen LogP contribution is -2.39. The molecule has 0 aromatic heterocycles. The largest absolute Gasteiger partial charge is 0.493 e. The maximum atomic E-state index is 12.5. The van der Waals surface area contributed by atoms with Crippen molar-refractivity contribution in [1.29, 1.82) is 5.26 Å². The Morgan fingerprint density at radius 3 is 2.82 bits per heavy atom. The Balaban J connectivity index is 2.10. The van der Waals surface area contributed by atoms with Gasteiger partial charge in [-0.15, -0.1) is 0 Å². The van der Waals surface area contributed by atoms with E-state index in [0.717, 1.165) is 29.5 Å². The van der Waals surface area contributed by atoms with Gasteiger partial charge in [0.05, 0.1) is 12.0 Å². The second kappa shape index (κ2) is 10.4. The number of rotatable bonds is 9. The third kappa shape index (κ3) is 5.50. The number of nitrogens with zero attached hydrogens (tertiary/aromatic N) is 2. The molecule has 0 atom stereocenters. The normalized spacial score (nSPS) is 14.9. The third-order valence-corrected chi connectivity index (χ3v) is 4.71. The van der Waals surface area contributed by atoms with E-state index in [1.807, 2.05) is 13.0 Å². The molecule has 1 fully saturated rings. The van der Waals surface area contributed by atoms with Gasteiger partial charge in [0, 0.05) is 6.54 Å². The minimum atomic E-state index is -0.510. The summed E-state index contributed by atoms with van der Waals surface area (Å²) in [5.74, 6) is -0.0707. The van der Waals surface area contributed by atoms with Crippen molar-refractivity contribution >= 4 is 34.9 Å². The molecule has 9 heteroatoms. The van der Waals surface area contributed by atoms with E-state index in [0.29, 0.717) is 23.6 Å². The molecule has 0 radical (unpaired) electrons. The highest BCUT2D eigenvalue weighted by molar-refractivity contribution is 8.18. The number of nitriles is 1. The Kier molecular flexibility index (Phi) is 7.89. The van der Waals surface area contributed by atoms with Gasteiger partial charge < -0.3 is 14.8 Å². The van der Waals surface area contributed by atoms with Crippen LogP contribution in [-0.4, -0.2) is 48.8 Å². The first-order valence-corrected chi connectivity index (χ1v) is 9.51. The van der Waals surface area contributed by atoms with Crippen LogP contribution in [0.5, 0.6) is 11.5 Å². The van der Waals surface area contributed by atoms with Crippen LogP contribution in [0.1, 0.15) is 25.3 Å². The van der Waals surface area contributed by atoms with Gasteiger partial charge in [-0.05, 0) is 42.0 Å². The molecule has 1 aromatic carbocycles. The summed E-state index contributed by atoms with van der Waals surface area (Å²) in [7, 11) is 1.46. The van der Waals surface area contributed by atoms with Gasteiger partial charge in [0.25, 0.3) is 11.1 Å².